The Labute approximate surface area is 96.8 Å². The van der Waals surface area contributed by atoms with Crippen molar-refractivity contribution in [3.63, 3.8) is 0 Å². The van der Waals surface area contributed by atoms with Gasteiger partial charge in [0.15, 0.2) is 11.6 Å². The molecule has 4 nitrogen and oxygen atoms in total. The molecule has 0 unspecified atom stereocenters. The van der Waals surface area contributed by atoms with Gasteiger partial charge in [0.05, 0.1) is 11.4 Å². The van der Waals surface area contributed by atoms with Crippen molar-refractivity contribution < 1.29 is 9.59 Å². The minimum Gasteiger partial charge on any atom is -0.386 e. The third-order valence-corrected chi connectivity index (χ3v) is 2.56. The van der Waals surface area contributed by atoms with Crippen molar-refractivity contribution in [3.05, 3.63) is 22.5 Å². The lowest BCUT2D eigenvalue weighted by Crippen LogP contribution is -2.23. The lowest BCUT2D eigenvalue weighted by molar-refractivity contribution is -0.114. The number of nitrogens with one attached hydrogen (secondary N) is 2. The lowest BCUT2D eigenvalue weighted by atomic mass is 10.0. The molecular weight excluding hydrogens is 204 g/mol. The zero-order valence-corrected chi connectivity index (χ0v) is 10.8. The molecule has 0 radical (unpaired) electrons. The van der Waals surface area contributed by atoms with Gasteiger partial charge in [-0.05, 0) is 27.7 Å². The highest BCUT2D eigenvalue weighted by atomic mass is 16.1. The van der Waals surface area contributed by atoms with Crippen molar-refractivity contribution in [2.75, 3.05) is 14.1 Å². The van der Waals surface area contributed by atoms with Crippen LogP contribution >= 0.6 is 0 Å². The summed E-state index contributed by atoms with van der Waals surface area (Å²) < 4.78 is 0. The Hall–Kier alpha value is -1.58. The molecule has 0 amide bonds. The van der Waals surface area contributed by atoms with Crippen LogP contribution in [0.3, 0.4) is 0 Å². The molecule has 0 atom stereocenters. The summed E-state index contributed by atoms with van der Waals surface area (Å²) in [5, 5.41) is 5.91. The van der Waals surface area contributed by atoms with Gasteiger partial charge in [-0.3, -0.25) is 9.59 Å². The first-order valence-electron chi connectivity index (χ1n) is 5.16. The Kier molecular flexibility index (Phi) is 5.50. The zero-order valence-electron chi connectivity index (χ0n) is 10.8. The number of likely N-dealkylation sites (N-methyl/N-ethyl adjacent to an activating group) is 2. The summed E-state index contributed by atoms with van der Waals surface area (Å²) in [5.41, 5.74) is 2.55. The molecule has 0 aromatic rings. The smallest absolute Gasteiger partial charge is 0.157 e. The molecule has 0 saturated heterocycles. The van der Waals surface area contributed by atoms with Crippen LogP contribution in [0.1, 0.15) is 27.7 Å². The number of hydrogen-bond acceptors (Lipinski definition) is 4. The molecule has 0 bridgehead atoms. The van der Waals surface area contributed by atoms with Crippen molar-refractivity contribution in [1.82, 2.24) is 10.6 Å². The SMILES string of the molecule is CNC(=C(C)C(C)=O)C(NC)=C(C)C(C)=O. The van der Waals surface area contributed by atoms with Crippen LogP contribution in [-0.4, -0.2) is 25.7 Å². The van der Waals surface area contributed by atoms with Gasteiger partial charge in [0, 0.05) is 25.2 Å². The lowest BCUT2D eigenvalue weighted by Gasteiger charge is -2.16. The minimum atomic E-state index is -0.0200. The fourth-order valence-corrected chi connectivity index (χ4v) is 1.35. The number of allylic oxidation sites excluding steroid dienone is 2. The van der Waals surface area contributed by atoms with Crippen LogP contribution in [0, 0.1) is 0 Å². The highest BCUT2D eigenvalue weighted by Gasteiger charge is 2.14. The molecule has 16 heavy (non-hydrogen) atoms. The highest BCUT2D eigenvalue weighted by molar-refractivity contribution is 5.97. The number of carbonyl (C=O) groups excluding carboxylic acids is 2. The number of Topliss-reactive ketones (excluding diaryl/α,β-unsaturated/α-hetero) is 2. The van der Waals surface area contributed by atoms with Crippen molar-refractivity contribution in [2.24, 2.45) is 0 Å². The van der Waals surface area contributed by atoms with E-state index in [2.05, 4.69) is 10.6 Å². The van der Waals surface area contributed by atoms with Crippen LogP contribution in [-0.2, 0) is 9.59 Å². The van der Waals surface area contributed by atoms with E-state index >= 15 is 0 Å². The van der Waals surface area contributed by atoms with E-state index in [-0.39, 0.29) is 11.6 Å². The molecule has 0 rings (SSSR count). The maximum absolute atomic E-state index is 11.3. The van der Waals surface area contributed by atoms with Crippen molar-refractivity contribution >= 4 is 11.6 Å². The Bertz CT molecular complexity index is 329. The minimum absolute atomic E-state index is 0.0200. The second kappa shape index (κ2) is 6.10. The Morgan fingerprint density at radius 3 is 1.06 bits per heavy atom. The third kappa shape index (κ3) is 3.22. The maximum atomic E-state index is 11.3. The topological polar surface area (TPSA) is 58.2 Å². The predicted molar refractivity (Wildman–Crippen MR) is 64.9 cm³/mol. The van der Waals surface area contributed by atoms with E-state index in [9.17, 15) is 9.59 Å². The summed E-state index contributed by atoms with van der Waals surface area (Å²) in [6, 6.07) is 0. The van der Waals surface area contributed by atoms with Gasteiger partial charge in [-0.2, -0.15) is 0 Å². The molecule has 4 heteroatoms. The second-order valence-electron chi connectivity index (χ2n) is 3.61. The molecule has 90 valence electrons. The fraction of sp³-hybridized carbons (Fsp3) is 0.500. The molecule has 0 aliphatic heterocycles. The maximum Gasteiger partial charge on any atom is 0.157 e. The molecule has 0 heterocycles. The molecule has 0 fully saturated rings. The van der Waals surface area contributed by atoms with E-state index < -0.39 is 0 Å². The average molecular weight is 224 g/mol. The van der Waals surface area contributed by atoms with Gasteiger partial charge in [-0.1, -0.05) is 0 Å². The van der Waals surface area contributed by atoms with E-state index in [0.717, 1.165) is 0 Å². The first kappa shape index (κ1) is 14.4. The summed E-state index contributed by atoms with van der Waals surface area (Å²) >= 11 is 0. The number of ketones is 2. The first-order valence-corrected chi connectivity index (χ1v) is 5.16. The molecule has 0 aromatic carbocycles. The van der Waals surface area contributed by atoms with E-state index in [0.29, 0.717) is 22.5 Å². The standard InChI is InChI=1S/C12H20N2O2/c1-7(9(3)15)11(13-5)12(14-6)8(2)10(4)16/h13-14H,1-6H3. The van der Waals surface area contributed by atoms with Gasteiger partial charge in [0.1, 0.15) is 0 Å². The zero-order chi connectivity index (χ0) is 12.9. The quantitative estimate of drug-likeness (QED) is 0.543. The number of carbonyl (C=O) groups is 2. The van der Waals surface area contributed by atoms with Crippen LogP contribution in [0.25, 0.3) is 0 Å². The fourth-order valence-electron chi connectivity index (χ4n) is 1.35. The summed E-state index contributed by atoms with van der Waals surface area (Å²) in [7, 11) is 3.46. The van der Waals surface area contributed by atoms with E-state index in [1.54, 1.807) is 27.9 Å². The average Bonchev–Trinajstić information content (AvgIpc) is 2.23. The number of hydrogen-bond donors (Lipinski definition) is 2. The molecule has 0 spiro atoms. The molecule has 0 aliphatic carbocycles. The van der Waals surface area contributed by atoms with Crippen LogP contribution in [0.2, 0.25) is 0 Å². The van der Waals surface area contributed by atoms with Crippen LogP contribution in [0.5, 0.6) is 0 Å². The molecule has 2 N–H and O–H groups in total. The summed E-state index contributed by atoms with van der Waals surface area (Å²) in [6.45, 7) is 6.48. The van der Waals surface area contributed by atoms with Gasteiger partial charge >= 0.3 is 0 Å². The third-order valence-electron chi connectivity index (χ3n) is 2.56. The van der Waals surface area contributed by atoms with Crippen LogP contribution in [0.4, 0.5) is 0 Å². The van der Waals surface area contributed by atoms with Crippen molar-refractivity contribution in [3.8, 4) is 0 Å². The van der Waals surface area contributed by atoms with Gasteiger partial charge in [-0.15, -0.1) is 0 Å². The van der Waals surface area contributed by atoms with Gasteiger partial charge in [-0.25, -0.2) is 0 Å². The normalized spacial score (nSPS) is 13.6. The largest absolute Gasteiger partial charge is 0.386 e. The Balaban J connectivity index is 5.73. The van der Waals surface area contributed by atoms with Gasteiger partial charge in [0.25, 0.3) is 0 Å². The predicted octanol–water partition coefficient (Wildman–Crippen LogP) is 1.15. The second-order valence-corrected chi connectivity index (χ2v) is 3.61. The molecule has 0 saturated carbocycles. The summed E-state index contributed by atoms with van der Waals surface area (Å²) in [6.07, 6.45) is 0. The summed E-state index contributed by atoms with van der Waals surface area (Å²) in [4.78, 5) is 22.6. The molecule has 0 aliphatic rings. The summed E-state index contributed by atoms with van der Waals surface area (Å²) in [5.74, 6) is -0.0399. The van der Waals surface area contributed by atoms with Crippen LogP contribution < -0.4 is 10.6 Å². The number of rotatable bonds is 5. The van der Waals surface area contributed by atoms with Gasteiger partial charge in [0.2, 0.25) is 0 Å². The Morgan fingerprint density at radius 1 is 0.688 bits per heavy atom. The van der Waals surface area contributed by atoms with E-state index in [1.165, 1.54) is 13.8 Å². The van der Waals surface area contributed by atoms with Crippen LogP contribution in [0.15, 0.2) is 22.5 Å². The molecular formula is C12H20N2O2. The van der Waals surface area contributed by atoms with Crippen molar-refractivity contribution in [2.45, 2.75) is 27.7 Å². The van der Waals surface area contributed by atoms with Gasteiger partial charge < -0.3 is 10.6 Å². The van der Waals surface area contributed by atoms with Crippen molar-refractivity contribution in [1.29, 1.82) is 0 Å². The van der Waals surface area contributed by atoms with E-state index in [4.69, 9.17) is 0 Å². The monoisotopic (exact) mass is 224 g/mol. The Morgan fingerprint density at radius 2 is 0.938 bits per heavy atom. The molecule has 0 aromatic heterocycles. The van der Waals surface area contributed by atoms with E-state index in [1.807, 2.05) is 0 Å². The highest BCUT2D eigenvalue weighted by Crippen LogP contribution is 2.14. The first-order chi connectivity index (χ1) is 7.36.